The topological polar surface area (TPSA) is 106 Å². The van der Waals surface area contributed by atoms with Crippen molar-refractivity contribution in [2.24, 2.45) is 0 Å². The average molecular weight is 506 g/mol. The second-order valence-electron chi connectivity index (χ2n) is 7.49. The standard InChI is InChI=1S/C25H23N5O3S2/c1-15-24(35-25(26-15)19-9-4-5-10-21(19)33-3)20-11-12-23(30-29-20)34-14-22(32)28-18-8-6-7-17(13-18)27-16(2)31/h4-13H,14H2,1-3H3,(H,27,31)(H,28,32). The van der Waals surface area contributed by atoms with Crippen molar-refractivity contribution in [3.05, 3.63) is 66.4 Å². The number of para-hydroxylation sites is 1. The predicted octanol–water partition coefficient (Wildman–Crippen LogP) is 5.27. The highest BCUT2D eigenvalue weighted by molar-refractivity contribution is 7.99. The van der Waals surface area contributed by atoms with Crippen molar-refractivity contribution in [1.82, 2.24) is 15.2 Å². The number of aromatic nitrogens is 3. The summed E-state index contributed by atoms with van der Waals surface area (Å²) in [5, 5.41) is 15.6. The molecule has 0 spiro atoms. The third-order valence-electron chi connectivity index (χ3n) is 4.82. The van der Waals surface area contributed by atoms with Crippen LogP contribution < -0.4 is 15.4 Å². The third-order valence-corrected chi connectivity index (χ3v) is 6.96. The highest BCUT2D eigenvalue weighted by Gasteiger charge is 2.16. The number of thioether (sulfide) groups is 1. The van der Waals surface area contributed by atoms with E-state index in [2.05, 4.69) is 20.8 Å². The molecule has 2 aromatic carbocycles. The summed E-state index contributed by atoms with van der Waals surface area (Å²) in [5.74, 6) is 0.595. The minimum Gasteiger partial charge on any atom is -0.496 e. The van der Waals surface area contributed by atoms with E-state index in [-0.39, 0.29) is 17.6 Å². The van der Waals surface area contributed by atoms with Crippen LogP contribution in [0.25, 0.3) is 21.1 Å². The molecule has 2 amide bonds. The van der Waals surface area contributed by atoms with Gasteiger partial charge in [0.1, 0.15) is 21.5 Å². The van der Waals surface area contributed by atoms with Crippen LogP contribution in [0, 0.1) is 6.92 Å². The van der Waals surface area contributed by atoms with E-state index in [1.165, 1.54) is 30.0 Å². The Kier molecular flexibility index (Phi) is 7.74. The van der Waals surface area contributed by atoms with Gasteiger partial charge in [0.25, 0.3) is 0 Å². The largest absolute Gasteiger partial charge is 0.496 e. The fraction of sp³-hybridized carbons (Fsp3) is 0.160. The number of anilines is 2. The van der Waals surface area contributed by atoms with Crippen molar-refractivity contribution in [2.75, 3.05) is 23.5 Å². The third kappa shape index (κ3) is 6.23. The first-order chi connectivity index (χ1) is 16.9. The lowest BCUT2D eigenvalue weighted by molar-refractivity contribution is -0.114. The maximum atomic E-state index is 12.4. The van der Waals surface area contributed by atoms with Gasteiger partial charge in [0.15, 0.2) is 0 Å². The molecule has 0 aliphatic carbocycles. The molecule has 4 rings (SSSR count). The van der Waals surface area contributed by atoms with Crippen LogP contribution in [0.4, 0.5) is 11.4 Å². The number of benzene rings is 2. The number of thiazole rings is 1. The van der Waals surface area contributed by atoms with Crippen molar-refractivity contribution in [3.8, 4) is 26.9 Å². The van der Waals surface area contributed by atoms with Gasteiger partial charge in [-0.2, -0.15) is 0 Å². The molecular weight excluding hydrogens is 482 g/mol. The number of amides is 2. The normalized spacial score (nSPS) is 10.6. The molecule has 0 aliphatic heterocycles. The molecule has 2 aromatic heterocycles. The van der Waals surface area contributed by atoms with Crippen molar-refractivity contribution in [2.45, 2.75) is 18.9 Å². The van der Waals surface area contributed by atoms with Gasteiger partial charge in [-0.1, -0.05) is 30.0 Å². The minimum absolute atomic E-state index is 0.171. The summed E-state index contributed by atoms with van der Waals surface area (Å²) in [6.45, 7) is 3.38. The molecule has 0 fully saturated rings. The van der Waals surface area contributed by atoms with Crippen LogP contribution in [-0.2, 0) is 9.59 Å². The zero-order chi connectivity index (χ0) is 24.8. The van der Waals surface area contributed by atoms with E-state index in [0.29, 0.717) is 16.4 Å². The van der Waals surface area contributed by atoms with Gasteiger partial charge in [-0.25, -0.2) is 4.98 Å². The molecule has 0 radical (unpaired) electrons. The van der Waals surface area contributed by atoms with E-state index in [4.69, 9.17) is 9.72 Å². The molecule has 0 bridgehead atoms. The second-order valence-corrected chi connectivity index (χ2v) is 9.48. The molecule has 10 heteroatoms. The Hall–Kier alpha value is -3.76. The number of hydrogen-bond donors (Lipinski definition) is 2. The van der Waals surface area contributed by atoms with Crippen molar-refractivity contribution < 1.29 is 14.3 Å². The first-order valence-electron chi connectivity index (χ1n) is 10.7. The van der Waals surface area contributed by atoms with E-state index >= 15 is 0 Å². The Labute approximate surface area is 211 Å². The Morgan fingerprint density at radius 2 is 1.77 bits per heavy atom. The van der Waals surface area contributed by atoms with E-state index < -0.39 is 0 Å². The van der Waals surface area contributed by atoms with Crippen LogP contribution in [0.2, 0.25) is 0 Å². The van der Waals surface area contributed by atoms with Gasteiger partial charge in [-0.05, 0) is 49.4 Å². The molecule has 2 heterocycles. The lowest BCUT2D eigenvalue weighted by Crippen LogP contribution is -2.14. The SMILES string of the molecule is COc1ccccc1-c1nc(C)c(-c2ccc(SCC(=O)Nc3cccc(NC(C)=O)c3)nn2)s1. The van der Waals surface area contributed by atoms with Crippen molar-refractivity contribution in [3.63, 3.8) is 0 Å². The van der Waals surface area contributed by atoms with Crippen LogP contribution in [-0.4, -0.2) is 39.9 Å². The van der Waals surface area contributed by atoms with E-state index in [1.54, 1.807) is 31.4 Å². The van der Waals surface area contributed by atoms with Gasteiger partial charge in [0, 0.05) is 18.3 Å². The molecule has 0 atom stereocenters. The van der Waals surface area contributed by atoms with Crippen LogP contribution >= 0.6 is 23.1 Å². The Morgan fingerprint density at radius 3 is 2.49 bits per heavy atom. The highest BCUT2D eigenvalue weighted by Crippen LogP contribution is 2.38. The molecule has 0 saturated carbocycles. The fourth-order valence-electron chi connectivity index (χ4n) is 3.30. The summed E-state index contributed by atoms with van der Waals surface area (Å²) in [6, 6.07) is 18.5. The van der Waals surface area contributed by atoms with Crippen LogP contribution in [0.15, 0.2) is 65.7 Å². The average Bonchev–Trinajstić information content (AvgIpc) is 3.24. The number of nitrogens with one attached hydrogen (secondary N) is 2. The molecule has 0 unspecified atom stereocenters. The molecular formula is C25H23N5O3S2. The number of rotatable bonds is 8. The lowest BCUT2D eigenvalue weighted by Gasteiger charge is -2.07. The van der Waals surface area contributed by atoms with Crippen LogP contribution in [0.1, 0.15) is 12.6 Å². The number of ether oxygens (including phenoxy) is 1. The number of hydrogen-bond acceptors (Lipinski definition) is 8. The molecule has 0 saturated heterocycles. The zero-order valence-corrected chi connectivity index (χ0v) is 21.0. The smallest absolute Gasteiger partial charge is 0.234 e. The highest BCUT2D eigenvalue weighted by atomic mass is 32.2. The van der Waals surface area contributed by atoms with Crippen LogP contribution in [0.5, 0.6) is 5.75 Å². The fourth-order valence-corrected chi connectivity index (χ4v) is 4.98. The zero-order valence-electron chi connectivity index (χ0n) is 19.4. The first-order valence-corrected chi connectivity index (χ1v) is 12.5. The monoisotopic (exact) mass is 505 g/mol. The summed E-state index contributed by atoms with van der Waals surface area (Å²) >= 11 is 2.83. The minimum atomic E-state index is -0.180. The quantitative estimate of drug-likeness (QED) is 0.314. The summed E-state index contributed by atoms with van der Waals surface area (Å²) in [6.07, 6.45) is 0. The summed E-state index contributed by atoms with van der Waals surface area (Å²) in [5.41, 5.74) is 3.76. The van der Waals surface area contributed by atoms with Crippen LogP contribution in [0.3, 0.4) is 0 Å². The van der Waals surface area contributed by atoms with Gasteiger partial charge in [-0.15, -0.1) is 21.5 Å². The number of aryl methyl sites for hydroxylation is 1. The Bertz CT molecular complexity index is 1360. The van der Waals surface area contributed by atoms with Gasteiger partial charge >= 0.3 is 0 Å². The van der Waals surface area contributed by atoms with Crippen molar-refractivity contribution in [1.29, 1.82) is 0 Å². The second kappa shape index (κ2) is 11.1. The lowest BCUT2D eigenvalue weighted by atomic mass is 10.2. The molecule has 35 heavy (non-hydrogen) atoms. The van der Waals surface area contributed by atoms with E-state index in [1.807, 2.05) is 43.3 Å². The molecule has 8 nitrogen and oxygen atoms in total. The van der Waals surface area contributed by atoms with E-state index in [0.717, 1.165) is 32.6 Å². The predicted molar refractivity (Wildman–Crippen MR) is 140 cm³/mol. The molecule has 178 valence electrons. The first kappa shape index (κ1) is 24.4. The number of carbonyl (C=O) groups is 2. The number of nitrogens with zero attached hydrogens (tertiary/aromatic N) is 3. The van der Waals surface area contributed by atoms with Gasteiger partial charge in [-0.3, -0.25) is 9.59 Å². The Morgan fingerprint density at radius 1 is 1.00 bits per heavy atom. The molecule has 0 aliphatic rings. The maximum Gasteiger partial charge on any atom is 0.234 e. The Balaban J connectivity index is 1.39. The van der Waals surface area contributed by atoms with E-state index in [9.17, 15) is 9.59 Å². The summed E-state index contributed by atoms with van der Waals surface area (Å²) in [7, 11) is 1.64. The molecule has 4 aromatic rings. The van der Waals surface area contributed by atoms with Gasteiger partial charge < -0.3 is 15.4 Å². The van der Waals surface area contributed by atoms with Crippen molar-refractivity contribution >= 4 is 46.3 Å². The summed E-state index contributed by atoms with van der Waals surface area (Å²) in [4.78, 5) is 29.2. The number of carbonyl (C=O) groups excluding carboxylic acids is 2. The number of methoxy groups -OCH3 is 1. The van der Waals surface area contributed by atoms with Gasteiger partial charge in [0.05, 0.1) is 29.0 Å². The molecule has 2 N–H and O–H groups in total. The summed E-state index contributed by atoms with van der Waals surface area (Å²) < 4.78 is 5.46. The maximum absolute atomic E-state index is 12.4. The van der Waals surface area contributed by atoms with Gasteiger partial charge in [0.2, 0.25) is 11.8 Å².